The lowest BCUT2D eigenvalue weighted by Crippen LogP contribution is -2.23. The Labute approximate surface area is 168 Å². The first-order valence-corrected chi connectivity index (χ1v) is 9.60. The molecule has 1 N–H and O–H groups in total. The van der Waals surface area contributed by atoms with Gasteiger partial charge < -0.3 is 4.90 Å². The van der Waals surface area contributed by atoms with Crippen LogP contribution in [-0.2, 0) is 10.8 Å². The maximum absolute atomic E-state index is 12.3. The Kier molecular flexibility index (Phi) is 5.16. The topological polar surface area (TPSA) is 44.7 Å². The normalized spacial score (nSPS) is 17.2. The summed E-state index contributed by atoms with van der Waals surface area (Å²) in [6.07, 6.45) is 3.61. The average molecular weight is 376 g/mol. The number of carbonyl (C=O) groups excluding carboxylic acids is 1. The highest BCUT2D eigenvalue weighted by Gasteiger charge is 2.37. The van der Waals surface area contributed by atoms with Gasteiger partial charge in [0.25, 0.3) is 5.91 Å². The zero-order valence-corrected chi connectivity index (χ0v) is 17.6. The van der Waals surface area contributed by atoms with Gasteiger partial charge in [-0.25, -0.2) is 5.43 Å². The quantitative estimate of drug-likeness (QED) is 0.605. The van der Waals surface area contributed by atoms with Crippen molar-refractivity contribution in [2.75, 3.05) is 11.9 Å². The minimum atomic E-state index is -0.211. The van der Waals surface area contributed by atoms with Crippen molar-refractivity contribution in [3.05, 3.63) is 77.0 Å². The molecule has 2 aromatic carbocycles. The Morgan fingerprint density at radius 2 is 1.71 bits per heavy atom. The zero-order valence-electron chi connectivity index (χ0n) is 17.6. The standard InChI is InChI=1S/C24H29N3O/c1-23(2,3)18-13-11-17(12-14-18)22(28)26-25-16-15-21-24(4,5)19-9-7-8-10-20(19)27(21)6/h7-16H,1-6H3,(H,26,28). The average Bonchev–Trinajstić information content (AvgIpc) is 2.85. The summed E-state index contributed by atoms with van der Waals surface area (Å²) >= 11 is 0. The predicted molar refractivity (Wildman–Crippen MR) is 117 cm³/mol. The highest BCUT2D eigenvalue weighted by Crippen LogP contribution is 2.46. The minimum Gasteiger partial charge on any atom is -0.347 e. The lowest BCUT2D eigenvalue weighted by molar-refractivity contribution is 0.0955. The number of hydrazone groups is 1. The molecule has 0 spiro atoms. The molecule has 0 unspecified atom stereocenters. The third-order valence-electron chi connectivity index (χ3n) is 5.43. The first-order chi connectivity index (χ1) is 13.1. The minimum absolute atomic E-state index is 0.0665. The maximum Gasteiger partial charge on any atom is 0.271 e. The summed E-state index contributed by atoms with van der Waals surface area (Å²) in [4.78, 5) is 14.5. The number of nitrogens with one attached hydrogen (secondary N) is 1. The molecule has 0 atom stereocenters. The summed E-state index contributed by atoms with van der Waals surface area (Å²) in [5.74, 6) is -0.211. The zero-order chi connectivity index (χ0) is 20.5. The van der Waals surface area contributed by atoms with Gasteiger partial charge in [-0.3, -0.25) is 4.79 Å². The van der Waals surface area contributed by atoms with Crippen molar-refractivity contribution in [1.82, 2.24) is 5.43 Å². The number of carbonyl (C=O) groups is 1. The number of benzene rings is 2. The van der Waals surface area contributed by atoms with Crippen LogP contribution in [0.15, 0.2) is 65.4 Å². The number of hydrogen-bond acceptors (Lipinski definition) is 3. The first-order valence-electron chi connectivity index (χ1n) is 9.60. The van der Waals surface area contributed by atoms with E-state index in [0.29, 0.717) is 5.56 Å². The largest absolute Gasteiger partial charge is 0.347 e. The van der Waals surface area contributed by atoms with Crippen molar-refractivity contribution >= 4 is 17.8 Å². The molecule has 0 bridgehead atoms. The monoisotopic (exact) mass is 375 g/mol. The van der Waals surface area contributed by atoms with Crippen LogP contribution >= 0.6 is 0 Å². The summed E-state index contributed by atoms with van der Waals surface area (Å²) < 4.78 is 0. The van der Waals surface area contributed by atoms with E-state index in [4.69, 9.17) is 0 Å². The van der Waals surface area contributed by atoms with Crippen LogP contribution in [0.2, 0.25) is 0 Å². The molecule has 4 nitrogen and oxygen atoms in total. The molecule has 1 aliphatic rings. The number of rotatable bonds is 3. The van der Waals surface area contributed by atoms with Crippen molar-refractivity contribution in [3.8, 4) is 0 Å². The van der Waals surface area contributed by atoms with Crippen LogP contribution in [0.5, 0.6) is 0 Å². The molecule has 3 rings (SSSR count). The molecule has 0 fully saturated rings. The molecule has 0 saturated heterocycles. The van der Waals surface area contributed by atoms with Crippen LogP contribution < -0.4 is 10.3 Å². The van der Waals surface area contributed by atoms with Gasteiger partial charge >= 0.3 is 0 Å². The van der Waals surface area contributed by atoms with Gasteiger partial charge in [0.1, 0.15) is 0 Å². The van der Waals surface area contributed by atoms with Crippen LogP contribution in [0, 0.1) is 0 Å². The second kappa shape index (κ2) is 7.27. The van der Waals surface area contributed by atoms with Crippen molar-refractivity contribution in [1.29, 1.82) is 0 Å². The number of hydrogen-bond donors (Lipinski definition) is 1. The molecular weight excluding hydrogens is 346 g/mol. The SMILES string of the molecule is CN1C(=CC=NNC(=O)c2ccc(C(C)(C)C)cc2)C(C)(C)c2ccccc21. The Morgan fingerprint density at radius 3 is 2.32 bits per heavy atom. The van der Waals surface area contributed by atoms with Gasteiger partial charge in [-0.15, -0.1) is 0 Å². The fourth-order valence-corrected chi connectivity index (χ4v) is 3.69. The number of nitrogens with zero attached hydrogens (tertiary/aromatic N) is 2. The van der Waals surface area contributed by atoms with Crippen LogP contribution in [0.4, 0.5) is 5.69 Å². The molecule has 4 heteroatoms. The molecular formula is C24H29N3O. The summed E-state index contributed by atoms with van der Waals surface area (Å²) in [5.41, 5.74) is 8.01. The Hall–Kier alpha value is -2.88. The lowest BCUT2D eigenvalue weighted by Gasteiger charge is -2.23. The molecule has 0 aliphatic carbocycles. The Morgan fingerprint density at radius 1 is 1.07 bits per heavy atom. The molecule has 1 amide bonds. The van der Waals surface area contributed by atoms with Crippen molar-refractivity contribution in [2.45, 2.75) is 45.4 Å². The fraction of sp³-hybridized carbons (Fsp3) is 0.333. The second-order valence-electron chi connectivity index (χ2n) is 8.80. The van der Waals surface area contributed by atoms with Crippen LogP contribution in [0.1, 0.15) is 56.1 Å². The number of likely N-dealkylation sites (N-methyl/N-ethyl adjacent to an activating group) is 1. The summed E-state index contributed by atoms with van der Waals surface area (Å²) in [6, 6.07) is 16.1. The van der Waals surface area contributed by atoms with E-state index in [9.17, 15) is 4.79 Å². The molecule has 0 radical (unpaired) electrons. The summed E-state index contributed by atoms with van der Waals surface area (Å²) in [7, 11) is 2.06. The van der Waals surface area contributed by atoms with Gasteiger partial charge in [0.2, 0.25) is 0 Å². The molecule has 1 aliphatic heterocycles. The van der Waals surface area contributed by atoms with Gasteiger partial charge in [-0.2, -0.15) is 5.10 Å². The Balaban J connectivity index is 1.69. The third kappa shape index (κ3) is 3.72. The van der Waals surface area contributed by atoms with E-state index in [1.54, 1.807) is 6.21 Å². The fourth-order valence-electron chi connectivity index (χ4n) is 3.69. The van der Waals surface area contributed by atoms with Crippen molar-refractivity contribution in [2.24, 2.45) is 5.10 Å². The van der Waals surface area contributed by atoms with Gasteiger partial charge in [-0.1, -0.05) is 65.0 Å². The number of amides is 1. The number of anilines is 1. The van der Waals surface area contributed by atoms with Crippen LogP contribution in [-0.4, -0.2) is 19.2 Å². The molecule has 28 heavy (non-hydrogen) atoms. The van der Waals surface area contributed by atoms with Crippen LogP contribution in [0.25, 0.3) is 0 Å². The van der Waals surface area contributed by atoms with Gasteiger partial charge in [0.15, 0.2) is 0 Å². The Bertz CT molecular complexity index is 931. The molecule has 0 saturated carbocycles. The second-order valence-corrected chi connectivity index (χ2v) is 8.80. The maximum atomic E-state index is 12.3. The third-order valence-corrected chi connectivity index (χ3v) is 5.43. The number of fused-ring (bicyclic) bond motifs is 1. The van der Waals surface area contributed by atoms with E-state index in [2.05, 4.69) is 75.3 Å². The van der Waals surface area contributed by atoms with E-state index < -0.39 is 0 Å². The van der Waals surface area contributed by atoms with Crippen LogP contribution in [0.3, 0.4) is 0 Å². The van der Waals surface area contributed by atoms with E-state index in [-0.39, 0.29) is 16.7 Å². The number of para-hydroxylation sites is 1. The molecule has 2 aromatic rings. The van der Waals surface area contributed by atoms with E-state index in [1.165, 1.54) is 16.8 Å². The highest BCUT2D eigenvalue weighted by atomic mass is 16.2. The van der Waals surface area contributed by atoms with Crippen molar-refractivity contribution < 1.29 is 4.79 Å². The molecule has 146 valence electrons. The summed E-state index contributed by atoms with van der Waals surface area (Å²) in [5, 5.41) is 4.12. The smallest absolute Gasteiger partial charge is 0.271 e. The van der Waals surface area contributed by atoms with Gasteiger partial charge in [0.05, 0.1) is 0 Å². The van der Waals surface area contributed by atoms with E-state index in [1.807, 2.05) is 36.4 Å². The van der Waals surface area contributed by atoms with Crippen molar-refractivity contribution in [3.63, 3.8) is 0 Å². The van der Waals surface area contributed by atoms with E-state index in [0.717, 1.165) is 5.70 Å². The highest BCUT2D eigenvalue weighted by molar-refractivity contribution is 5.94. The molecule has 0 aromatic heterocycles. The first kappa shape index (κ1) is 19.9. The predicted octanol–water partition coefficient (Wildman–Crippen LogP) is 5.01. The lowest BCUT2D eigenvalue weighted by atomic mass is 9.84. The summed E-state index contributed by atoms with van der Waals surface area (Å²) in [6.45, 7) is 10.9. The van der Waals surface area contributed by atoms with Gasteiger partial charge in [0, 0.05) is 35.6 Å². The molecule has 1 heterocycles. The van der Waals surface area contributed by atoms with E-state index >= 15 is 0 Å². The van der Waals surface area contributed by atoms with Gasteiger partial charge in [-0.05, 0) is 40.8 Å². The number of allylic oxidation sites excluding steroid dienone is 2.